The highest BCUT2D eigenvalue weighted by molar-refractivity contribution is 9.10. The summed E-state index contributed by atoms with van der Waals surface area (Å²) in [5.41, 5.74) is 2.68. The van der Waals surface area contributed by atoms with Crippen LogP contribution in [0.15, 0.2) is 16.6 Å². The van der Waals surface area contributed by atoms with Gasteiger partial charge >= 0.3 is 0 Å². The normalized spacial score (nSPS) is 19.2. The highest BCUT2D eigenvalue weighted by Gasteiger charge is 2.29. The Bertz CT molecular complexity index is 432. The van der Waals surface area contributed by atoms with Crippen molar-refractivity contribution in [2.45, 2.75) is 44.6 Å². The summed E-state index contributed by atoms with van der Waals surface area (Å²) in [6.07, 6.45) is 6.50. The summed E-state index contributed by atoms with van der Waals surface area (Å²) in [7, 11) is 0. The summed E-state index contributed by atoms with van der Waals surface area (Å²) in [6.45, 7) is 0. The van der Waals surface area contributed by atoms with Crippen LogP contribution >= 0.6 is 15.9 Å². The zero-order valence-electron chi connectivity index (χ0n) is 10.8. The smallest absolute Gasteiger partial charge is 0.145 e. The van der Waals surface area contributed by atoms with Gasteiger partial charge in [-0.3, -0.25) is 11.3 Å². The van der Waals surface area contributed by atoms with Crippen LogP contribution in [0.4, 0.5) is 8.78 Å². The van der Waals surface area contributed by atoms with Gasteiger partial charge in [-0.15, -0.1) is 0 Å². The first-order chi connectivity index (χ1) is 9.15. The molecule has 3 N–H and O–H groups in total. The van der Waals surface area contributed by atoms with Crippen molar-refractivity contribution in [1.29, 1.82) is 0 Å². The van der Waals surface area contributed by atoms with Crippen molar-refractivity contribution in [3.05, 3.63) is 33.8 Å². The van der Waals surface area contributed by atoms with E-state index in [1.165, 1.54) is 25.0 Å². The second-order valence-electron chi connectivity index (χ2n) is 5.15. The van der Waals surface area contributed by atoms with Gasteiger partial charge < -0.3 is 0 Å². The van der Waals surface area contributed by atoms with Gasteiger partial charge in [0.25, 0.3) is 0 Å². The van der Waals surface area contributed by atoms with Crippen LogP contribution in [0, 0.1) is 17.6 Å². The first-order valence-corrected chi connectivity index (χ1v) is 7.54. The van der Waals surface area contributed by atoms with E-state index in [4.69, 9.17) is 5.84 Å². The minimum absolute atomic E-state index is 0.0591. The molecule has 1 aromatic rings. The number of hydrazine groups is 1. The lowest BCUT2D eigenvalue weighted by molar-refractivity contribution is 0.311. The Balaban J connectivity index is 2.33. The molecule has 1 atom stereocenters. The fraction of sp³-hybridized carbons (Fsp3) is 0.571. The van der Waals surface area contributed by atoms with Gasteiger partial charge in [-0.25, -0.2) is 8.78 Å². The lowest BCUT2D eigenvalue weighted by atomic mass is 9.87. The largest absolute Gasteiger partial charge is 0.271 e. The third kappa shape index (κ3) is 3.33. The number of benzene rings is 1. The Kier molecular flexibility index (Phi) is 5.30. The number of nitrogens with two attached hydrogens (primary N) is 1. The fourth-order valence-electron chi connectivity index (χ4n) is 2.93. The molecule has 1 unspecified atom stereocenters. The van der Waals surface area contributed by atoms with Crippen molar-refractivity contribution in [2.24, 2.45) is 11.8 Å². The van der Waals surface area contributed by atoms with Crippen LogP contribution in [0.1, 0.15) is 50.1 Å². The summed E-state index contributed by atoms with van der Waals surface area (Å²) >= 11 is 3.11. The lowest BCUT2D eigenvalue weighted by Crippen LogP contribution is -2.35. The van der Waals surface area contributed by atoms with E-state index < -0.39 is 17.7 Å². The molecular weight excluding hydrogens is 314 g/mol. The number of halogens is 3. The summed E-state index contributed by atoms with van der Waals surface area (Å²) in [5, 5.41) is 0. The van der Waals surface area contributed by atoms with Crippen molar-refractivity contribution >= 4 is 15.9 Å². The Morgan fingerprint density at radius 1 is 1.16 bits per heavy atom. The summed E-state index contributed by atoms with van der Waals surface area (Å²) in [4.78, 5) is 0. The first kappa shape index (κ1) is 14.9. The van der Waals surface area contributed by atoms with Gasteiger partial charge in [0.05, 0.1) is 10.5 Å². The minimum Gasteiger partial charge on any atom is -0.271 e. The molecule has 2 rings (SSSR count). The van der Waals surface area contributed by atoms with Gasteiger partial charge in [0.15, 0.2) is 0 Å². The molecule has 0 amide bonds. The Morgan fingerprint density at radius 3 is 2.37 bits per heavy atom. The molecule has 0 aliphatic heterocycles. The quantitative estimate of drug-likeness (QED) is 0.376. The third-order valence-electron chi connectivity index (χ3n) is 3.94. The fourth-order valence-corrected chi connectivity index (χ4v) is 3.27. The molecule has 1 aliphatic carbocycles. The highest BCUT2D eigenvalue weighted by Crippen LogP contribution is 2.36. The molecule has 0 radical (unpaired) electrons. The first-order valence-electron chi connectivity index (χ1n) is 6.74. The van der Waals surface area contributed by atoms with Crippen molar-refractivity contribution in [3.63, 3.8) is 0 Å². The summed E-state index contributed by atoms with van der Waals surface area (Å²) in [5.74, 6) is 4.68. The average molecular weight is 333 g/mol. The molecule has 1 saturated carbocycles. The Labute approximate surface area is 120 Å². The number of hydrogen-bond donors (Lipinski definition) is 2. The maximum atomic E-state index is 14.2. The molecule has 106 valence electrons. The van der Waals surface area contributed by atoms with Crippen LogP contribution in [-0.2, 0) is 0 Å². The van der Waals surface area contributed by atoms with Crippen molar-refractivity contribution in [1.82, 2.24) is 5.43 Å². The predicted octanol–water partition coefficient (Wildman–Crippen LogP) is 4.20. The molecule has 1 fully saturated rings. The average Bonchev–Trinajstić information content (AvgIpc) is 2.68. The minimum atomic E-state index is -0.549. The molecule has 2 nitrogen and oxygen atoms in total. The van der Waals surface area contributed by atoms with Crippen molar-refractivity contribution < 1.29 is 8.78 Å². The van der Waals surface area contributed by atoms with Crippen molar-refractivity contribution in [3.8, 4) is 0 Å². The maximum Gasteiger partial charge on any atom is 0.145 e. The lowest BCUT2D eigenvalue weighted by Gasteiger charge is -2.26. The number of rotatable bonds is 3. The van der Waals surface area contributed by atoms with Crippen molar-refractivity contribution in [2.75, 3.05) is 0 Å². The van der Waals surface area contributed by atoms with E-state index in [0.717, 1.165) is 25.7 Å². The Hall–Kier alpha value is -0.520. The third-order valence-corrected chi connectivity index (χ3v) is 4.55. The topological polar surface area (TPSA) is 38.0 Å². The van der Waals surface area contributed by atoms with Gasteiger partial charge in [-0.2, -0.15) is 0 Å². The van der Waals surface area contributed by atoms with Crippen LogP contribution in [0.3, 0.4) is 0 Å². The van der Waals surface area contributed by atoms with Crippen LogP contribution in [0.25, 0.3) is 0 Å². The SMILES string of the molecule is NNC(c1c(F)ccc(Br)c1F)C1CCCCCC1. The molecule has 0 heterocycles. The van der Waals surface area contributed by atoms with E-state index in [-0.39, 0.29) is 16.0 Å². The molecule has 0 aromatic heterocycles. The van der Waals surface area contributed by atoms with Crippen LogP contribution in [0.2, 0.25) is 0 Å². The predicted molar refractivity (Wildman–Crippen MR) is 75.3 cm³/mol. The molecule has 1 aromatic carbocycles. The molecule has 5 heteroatoms. The molecule has 0 bridgehead atoms. The summed E-state index contributed by atoms with van der Waals surface area (Å²) in [6, 6.07) is 2.20. The number of nitrogens with one attached hydrogen (secondary N) is 1. The van der Waals surface area contributed by atoms with Gasteiger partial charge in [-0.1, -0.05) is 25.7 Å². The van der Waals surface area contributed by atoms with Crippen LogP contribution in [0.5, 0.6) is 0 Å². The second kappa shape index (κ2) is 6.77. The molecule has 0 spiro atoms. The highest BCUT2D eigenvalue weighted by atomic mass is 79.9. The van der Waals surface area contributed by atoms with E-state index in [1.807, 2.05) is 0 Å². The zero-order valence-corrected chi connectivity index (χ0v) is 12.3. The van der Waals surface area contributed by atoms with E-state index >= 15 is 0 Å². The van der Waals surface area contributed by atoms with Gasteiger partial charge in [0.2, 0.25) is 0 Å². The Morgan fingerprint density at radius 2 is 1.79 bits per heavy atom. The number of hydrogen-bond acceptors (Lipinski definition) is 2. The molecule has 19 heavy (non-hydrogen) atoms. The van der Waals surface area contributed by atoms with Crippen LogP contribution in [-0.4, -0.2) is 0 Å². The van der Waals surface area contributed by atoms with E-state index in [9.17, 15) is 8.78 Å². The van der Waals surface area contributed by atoms with E-state index in [2.05, 4.69) is 21.4 Å². The van der Waals surface area contributed by atoms with E-state index in [1.54, 1.807) is 0 Å². The van der Waals surface area contributed by atoms with Crippen LogP contribution < -0.4 is 11.3 Å². The van der Waals surface area contributed by atoms with Gasteiger partial charge in [-0.05, 0) is 46.8 Å². The van der Waals surface area contributed by atoms with E-state index in [0.29, 0.717) is 0 Å². The van der Waals surface area contributed by atoms with Gasteiger partial charge in [0.1, 0.15) is 11.6 Å². The zero-order chi connectivity index (χ0) is 13.8. The molecule has 1 aliphatic rings. The molecule has 0 saturated heterocycles. The maximum absolute atomic E-state index is 14.2. The monoisotopic (exact) mass is 332 g/mol. The standard InChI is InChI=1S/C14H19BrF2N2/c15-10-7-8-11(16)12(13(10)17)14(19-18)9-5-3-1-2-4-6-9/h7-9,14,19H,1-6,18H2. The second-order valence-corrected chi connectivity index (χ2v) is 6.01. The molecular formula is C14H19BrF2N2. The van der Waals surface area contributed by atoms with Gasteiger partial charge in [0, 0.05) is 5.56 Å². The summed E-state index contributed by atoms with van der Waals surface area (Å²) < 4.78 is 28.4.